The number of benzene rings is 1. The molecular formula is C15H15N3O3. The van der Waals surface area contributed by atoms with Gasteiger partial charge in [-0.2, -0.15) is 5.10 Å². The molecular weight excluding hydrogens is 270 g/mol. The number of nitrogens with one attached hydrogen (secondary N) is 1. The Morgan fingerprint density at radius 2 is 2.14 bits per heavy atom. The number of hydrazone groups is 1. The van der Waals surface area contributed by atoms with Gasteiger partial charge in [0.15, 0.2) is 0 Å². The Bertz CT molecular complexity index is 697. The summed E-state index contributed by atoms with van der Waals surface area (Å²) in [6.07, 6.45) is 4.34. The van der Waals surface area contributed by atoms with Gasteiger partial charge in [0.05, 0.1) is 11.8 Å². The first-order valence-corrected chi connectivity index (χ1v) is 6.26. The van der Waals surface area contributed by atoms with Gasteiger partial charge in [0.1, 0.15) is 11.5 Å². The average Bonchev–Trinajstić information content (AvgIpc) is 2.49. The average molecular weight is 285 g/mol. The summed E-state index contributed by atoms with van der Waals surface area (Å²) < 4.78 is 0. The van der Waals surface area contributed by atoms with E-state index in [-0.39, 0.29) is 11.5 Å². The lowest BCUT2D eigenvalue weighted by Gasteiger charge is -2.08. The van der Waals surface area contributed by atoms with Crippen molar-refractivity contribution in [3.05, 3.63) is 52.8 Å². The van der Waals surface area contributed by atoms with E-state index in [1.165, 1.54) is 18.5 Å². The third kappa shape index (κ3) is 3.17. The van der Waals surface area contributed by atoms with E-state index in [0.717, 1.165) is 0 Å². The summed E-state index contributed by atoms with van der Waals surface area (Å²) in [6.45, 7) is 3.32. The Morgan fingerprint density at radius 3 is 2.81 bits per heavy atom. The number of hydrogen-bond acceptors (Lipinski definition) is 5. The third-order valence-electron chi connectivity index (χ3n) is 3.06. The van der Waals surface area contributed by atoms with Crippen LogP contribution in [0.5, 0.6) is 11.5 Å². The zero-order valence-corrected chi connectivity index (χ0v) is 11.7. The first kappa shape index (κ1) is 14.5. The molecule has 0 unspecified atom stereocenters. The van der Waals surface area contributed by atoms with Gasteiger partial charge in [0, 0.05) is 23.5 Å². The van der Waals surface area contributed by atoms with Gasteiger partial charge in [0.2, 0.25) is 0 Å². The first-order valence-electron chi connectivity index (χ1n) is 6.26. The largest absolute Gasteiger partial charge is 0.508 e. The van der Waals surface area contributed by atoms with Crippen molar-refractivity contribution in [1.82, 2.24) is 10.4 Å². The molecule has 1 aromatic heterocycles. The van der Waals surface area contributed by atoms with Crippen LogP contribution >= 0.6 is 0 Å². The topological polar surface area (TPSA) is 94.8 Å². The van der Waals surface area contributed by atoms with Crippen LogP contribution in [0.4, 0.5) is 0 Å². The molecule has 1 amide bonds. The molecule has 0 atom stereocenters. The molecule has 0 aliphatic heterocycles. The van der Waals surface area contributed by atoms with Crippen LogP contribution in [0.2, 0.25) is 0 Å². The maximum Gasteiger partial charge on any atom is 0.272 e. The van der Waals surface area contributed by atoms with Crippen LogP contribution < -0.4 is 5.43 Å². The molecule has 0 aliphatic rings. The number of hydrogen-bond donors (Lipinski definition) is 3. The second kappa shape index (κ2) is 6.04. The van der Waals surface area contributed by atoms with E-state index in [1.54, 1.807) is 32.2 Å². The molecule has 0 spiro atoms. The normalized spacial score (nSPS) is 10.8. The van der Waals surface area contributed by atoms with Crippen LogP contribution in [-0.4, -0.2) is 27.3 Å². The second-order valence-corrected chi connectivity index (χ2v) is 4.54. The van der Waals surface area contributed by atoms with Crippen LogP contribution in [0.25, 0.3) is 0 Å². The highest BCUT2D eigenvalue weighted by molar-refractivity contribution is 5.95. The van der Waals surface area contributed by atoms with Gasteiger partial charge in [-0.1, -0.05) is 0 Å². The van der Waals surface area contributed by atoms with Gasteiger partial charge in [0.25, 0.3) is 5.91 Å². The number of aromatic nitrogens is 1. The lowest BCUT2D eigenvalue weighted by Crippen LogP contribution is -2.17. The molecule has 1 aromatic carbocycles. The molecule has 2 aromatic rings. The molecule has 2 rings (SSSR count). The number of nitrogens with zero attached hydrogens (tertiary/aromatic N) is 2. The minimum absolute atomic E-state index is 0.0153. The summed E-state index contributed by atoms with van der Waals surface area (Å²) in [5.74, 6) is -0.444. The fraction of sp³-hybridized carbons (Fsp3) is 0.133. The zero-order chi connectivity index (χ0) is 15.4. The standard InChI is InChI=1S/C15H15N3O3/c1-9-6-13(19)10(2)14(20)12(9)8-17-18-15(21)11-4-3-5-16-7-11/h3-8,19-20H,1-2H3,(H,18,21)/b17-8-. The monoisotopic (exact) mass is 285 g/mol. The van der Waals surface area contributed by atoms with Gasteiger partial charge in [-0.25, -0.2) is 5.43 Å². The lowest BCUT2D eigenvalue weighted by atomic mass is 10.0. The highest BCUT2D eigenvalue weighted by atomic mass is 16.3. The summed E-state index contributed by atoms with van der Waals surface area (Å²) in [4.78, 5) is 15.6. The van der Waals surface area contributed by atoms with Gasteiger partial charge < -0.3 is 10.2 Å². The molecule has 0 fully saturated rings. The van der Waals surface area contributed by atoms with Crippen LogP contribution in [0.1, 0.15) is 27.0 Å². The Hall–Kier alpha value is -2.89. The molecule has 1 heterocycles. The van der Waals surface area contributed by atoms with Crippen molar-refractivity contribution in [2.45, 2.75) is 13.8 Å². The van der Waals surface area contributed by atoms with Crippen molar-refractivity contribution in [2.75, 3.05) is 0 Å². The van der Waals surface area contributed by atoms with Crippen LogP contribution in [0, 0.1) is 13.8 Å². The summed E-state index contributed by atoms with van der Waals surface area (Å²) in [6, 6.07) is 4.79. The second-order valence-electron chi connectivity index (χ2n) is 4.54. The number of phenols is 2. The number of carbonyl (C=O) groups excluding carboxylic acids is 1. The minimum Gasteiger partial charge on any atom is -0.508 e. The predicted octanol–water partition coefficient (Wildman–Crippen LogP) is 1.87. The Labute approximate surface area is 121 Å². The Morgan fingerprint density at radius 1 is 1.38 bits per heavy atom. The highest BCUT2D eigenvalue weighted by Gasteiger charge is 2.10. The summed E-state index contributed by atoms with van der Waals surface area (Å²) in [7, 11) is 0. The van der Waals surface area contributed by atoms with E-state index in [4.69, 9.17) is 0 Å². The van der Waals surface area contributed by atoms with E-state index in [0.29, 0.717) is 22.3 Å². The molecule has 0 saturated carbocycles. The van der Waals surface area contributed by atoms with Crippen LogP contribution in [0.3, 0.4) is 0 Å². The summed E-state index contributed by atoms with van der Waals surface area (Å²) in [5, 5.41) is 23.4. The number of rotatable bonds is 3. The number of amides is 1. The Balaban J connectivity index is 2.16. The van der Waals surface area contributed by atoms with Crippen molar-refractivity contribution in [3.8, 4) is 11.5 Å². The number of pyridine rings is 1. The van der Waals surface area contributed by atoms with E-state index in [1.807, 2.05) is 0 Å². The number of phenolic OH excluding ortho intramolecular Hbond substituents is 2. The van der Waals surface area contributed by atoms with E-state index < -0.39 is 5.91 Å². The maximum absolute atomic E-state index is 11.8. The zero-order valence-electron chi connectivity index (χ0n) is 11.7. The van der Waals surface area contributed by atoms with E-state index in [9.17, 15) is 15.0 Å². The molecule has 0 saturated heterocycles. The van der Waals surface area contributed by atoms with Crippen molar-refractivity contribution < 1.29 is 15.0 Å². The SMILES string of the molecule is Cc1cc(O)c(C)c(O)c1/C=N\NC(=O)c1cccnc1. The van der Waals surface area contributed by atoms with Crippen LogP contribution in [-0.2, 0) is 0 Å². The van der Waals surface area contributed by atoms with Gasteiger partial charge in [-0.15, -0.1) is 0 Å². The van der Waals surface area contributed by atoms with E-state index in [2.05, 4.69) is 15.5 Å². The fourth-order valence-corrected chi connectivity index (χ4v) is 1.78. The predicted molar refractivity (Wildman–Crippen MR) is 78.5 cm³/mol. The molecule has 3 N–H and O–H groups in total. The quantitative estimate of drug-likeness (QED) is 0.592. The number of carbonyl (C=O) groups is 1. The molecule has 6 heteroatoms. The van der Waals surface area contributed by atoms with Crippen LogP contribution in [0.15, 0.2) is 35.7 Å². The van der Waals surface area contributed by atoms with Crippen molar-refractivity contribution in [2.24, 2.45) is 5.10 Å². The maximum atomic E-state index is 11.8. The van der Waals surface area contributed by atoms with Crippen molar-refractivity contribution in [3.63, 3.8) is 0 Å². The molecule has 0 aliphatic carbocycles. The summed E-state index contributed by atoms with van der Waals surface area (Å²) in [5.41, 5.74) is 4.19. The number of aromatic hydroxyl groups is 2. The third-order valence-corrected chi connectivity index (χ3v) is 3.06. The smallest absolute Gasteiger partial charge is 0.272 e. The number of aryl methyl sites for hydroxylation is 1. The van der Waals surface area contributed by atoms with Crippen molar-refractivity contribution >= 4 is 12.1 Å². The first-order chi connectivity index (χ1) is 10.0. The molecule has 21 heavy (non-hydrogen) atoms. The van der Waals surface area contributed by atoms with Crippen molar-refractivity contribution in [1.29, 1.82) is 0 Å². The fourth-order valence-electron chi connectivity index (χ4n) is 1.78. The summed E-state index contributed by atoms with van der Waals surface area (Å²) >= 11 is 0. The highest BCUT2D eigenvalue weighted by Crippen LogP contribution is 2.31. The van der Waals surface area contributed by atoms with Gasteiger partial charge in [-0.05, 0) is 37.6 Å². The Kier molecular flexibility index (Phi) is 4.18. The molecule has 0 radical (unpaired) electrons. The molecule has 108 valence electrons. The molecule has 0 bridgehead atoms. The molecule has 6 nitrogen and oxygen atoms in total. The minimum atomic E-state index is -0.396. The van der Waals surface area contributed by atoms with Gasteiger partial charge >= 0.3 is 0 Å². The van der Waals surface area contributed by atoms with E-state index >= 15 is 0 Å². The lowest BCUT2D eigenvalue weighted by molar-refractivity contribution is 0.0954. The van der Waals surface area contributed by atoms with Gasteiger partial charge in [-0.3, -0.25) is 9.78 Å².